The summed E-state index contributed by atoms with van der Waals surface area (Å²) in [4.78, 5) is 15.0. The molecule has 3 heteroatoms. The largest absolute Gasteiger partial charge is 0.497 e. The van der Waals surface area contributed by atoms with E-state index in [2.05, 4.69) is 23.1 Å². The van der Waals surface area contributed by atoms with E-state index in [1.54, 1.807) is 7.11 Å². The van der Waals surface area contributed by atoms with Crippen LogP contribution in [0.1, 0.15) is 50.5 Å². The number of likely N-dealkylation sites (tertiary alicyclic amines) is 1. The van der Waals surface area contributed by atoms with E-state index >= 15 is 0 Å². The van der Waals surface area contributed by atoms with Crippen molar-refractivity contribution in [1.29, 1.82) is 0 Å². The average molecular weight is 327 g/mol. The number of nitrogens with zero attached hydrogens (tertiary/aromatic N) is 1. The highest BCUT2D eigenvalue weighted by molar-refractivity contribution is 5.81. The number of ether oxygens (including phenoxy) is 1. The van der Waals surface area contributed by atoms with E-state index in [1.165, 1.54) is 37.9 Å². The summed E-state index contributed by atoms with van der Waals surface area (Å²) in [6, 6.07) is 8.48. The number of rotatable bonds is 4. The van der Waals surface area contributed by atoms with Crippen LogP contribution in [0.2, 0.25) is 0 Å². The van der Waals surface area contributed by atoms with Crippen LogP contribution in [0.4, 0.5) is 0 Å². The van der Waals surface area contributed by atoms with Crippen molar-refractivity contribution in [2.45, 2.75) is 50.4 Å². The molecule has 2 atom stereocenters. The minimum atomic E-state index is 0.0417. The lowest BCUT2D eigenvalue weighted by Gasteiger charge is -2.51. The molecule has 1 aromatic rings. The molecule has 1 aromatic carbocycles. The fourth-order valence-electron chi connectivity index (χ4n) is 5.14. The molecule has 24 heavy (non-hydrogen) atoms. The number of methoxy groups -OCH3 is 1. The molecular formula is C21H29NO2. The minimum absolute atomic E-state index is 0.0417. The maximum Gasteiger partial charge on any atom is 0.133 e. The van der Waals surface area contributed by atoms with Crippen molar-refractivity contribution in [3.63, 3.8) is 0 Å². The summed E-state index contributed by atoms with van der Waals surface area (Å²) in [6.45, 7) is 3.58. The van der Waals surface area contributed by atoms with Gasteiger partial charge >= 0.3 is 0 Å². The smallest absolute Gasteiger partial charge is 0.133 e. The van der Waals surface area contributed by atoms with Crippen molar-refractivity contribution >= 4 is 5.78 Å². The van der Waals surface area contributed by atoms with Crippen LogP contribution >= 0.6 is 0 Å². The number of carbonyl (C=O) groups excluding carboxylic acids is 1. The Hall–Kier alpha value is -1.35. The predicted octanol–water partition coefficient (Wildman–Crippen LogP) is 3.81. The Morgan fingerprint density at radius 2 is 2.17 bits per heavy atom. The van der Waals surface area contributed by atoms with Gasteiger partial charge in [-0.25, -0.2) is 0 Å². The summed E-state index contributed by atoms with van der Waals surface area (Å²) >= 11 is 0. The number of ketones is 1. The van der Waals surface area contributed by atoms with Crippen molar-refractivity contribution < 1.29 is 9.53 Å². The molecule has 3 fully saturated rings. The molecule has 0 bridgehead atoms. The second kappa shape index (κ2) is 6.51. The van der Waals surface area contributed by atoms with Gasteiger partial charge in [0.15, 0.2) is 0 Å². The van der Waals surface area contributed by atoms with Crippen LogP contribution in [0, 0.1) is 11.8 Å². The molecule has 1 saturated heterocycles. The van der Waals surface area contributed by atoms with Gasteiger partial charge in [0.2, 0.25) is 0 Å². The van der Waals surface area contributed by atoms with E-state index < -0.39 is 0 Å². The molecule has 0 amide bonds. The summed E-state index contributed by atoms with van der Waals surface area (Å²) in [6.07, 6.45) is 7.92. The van der Waals surface area contributed by atoms with E-state index in [1.807, 2.05) is 6.07 Å². The number of hydrogen-bond acceptors (Lipinski definition) is 3. The fraction of sp³-hybridized carbons (Fsp3) is 0.667. The molecule has 1 aliphatic heterocycles. The van der Waals surface area contributed by atoms with E-state index in [9.17, 15) is 4.79 Å². The topological polar surface area (TPSA) is 29.5 Å². The van der Waals surface area contributed by atoms with Gasteiger partial charge in [-0.2, -0.15) is 0 Å². The lowest BCUT2D eigenvalue weighted by Crippen LogP contribution is -2.54. The Kier molecular flexibility index (Phi) is 4.38. The predicted molar refractivity (Wildman–Crippen MR) is 95.4 cm³/mol. The van der Waals surface area contributed by atoms with E-state index in [4.69, 9.17) is 4.74 Å². The van der Waals surface area contributed by atoms with Gasteiger partial charge in [-0.3, -0.25) is 4.79 Å². The van der Waals surface area contributed by atoms with Crippen LogP contribution in [0.15, 0.2) is 24.3 Å². The SMILES string of the molecule is COc1cccc(C23CCN(CC4CCC4)CC2CCC(=O)C3)c1. The molecule has 4 rings (SSSR count). The summed E-state index contributed by atoms with van der Waals surface area (Å²) in [5, 5.41) is 0. The van der Waals surface area contributed by atoms with E-state index in [0.717, 1.165) is 43.9 Å². The van der Waals surface area contributed by atoms with Gasteiger partial charge in [0.1, 0.15) is 11.5 Å². The second-order valence-electron chi connectivity index (χ2n) is 8.15. The number of carbonyl (C=O) groups is 1. The molecule has 130 valence electrons. The molecule has 2 aliphatic carbocycles. The second-order valence-corrected chi connectivity index (χ2v) is 8.15. The summed E-state index contributed by atoms with van der Waals surface area (Å²) in [7, 11) is 1.72. The maximum atomic E-state index is 12.3. The van der Waals surface area contributed by atoms with Crippen molar-refractivity contribution in [2.24, 2.45) is 11.8 Å². The third-order valence-electron chi connectivity index (χ3n) is 6.80. The van der Waals surface area contributed by atoms with Crippen LogP contribution in [-0.4, -0.2) is 37.4 Å². The first-order valence-electron chi connectivity index (χ1n) is 9.58. The van der Waals surface area contributed by atoms with Crippen LogP contribution in [0.5, 0.6) is 5.75 Å². The van der Waals surface area contributed by atoms with Gasteiger partial charge in [0.25, 0.3) is 0 Å². The quantitative estimate of drug-likeness (QED) is 0.842. The Morgan fingerprint density at radius 1 is 1.29 bits per heavy atom. The number of fused-ring (bicyclic) bond motifs is 1. The molecule has 0 aromatic heterocycles. The first-order valence-corrected chi connectivity index (χ1v) is 9.58. The molecule has 3 aliphatic rings. The Labute approximate surface area is 145 Å². The number of benzene rings is 1. The van der Waals surface area contributed by atoms with Crippen molar-refractivity contribution in [3.8, 4) is 5.75 Å². The molecule has 1 heterocycles. The molecule has 3 nitrogen and oxygen atoms in total. The summed E-state index contributed by atoms with van der Waals surface area (Å²) in [5.74, 6) is 2.90. The third kappa shape index (κ3) is 2.88. The Morgan fingerprint density at radius 3 is 2.92 bits per heavy atom. The minimum Gasteiger partial charge on any atom is -0.497 e. The lowest BCUT2D eigenvalue weighted by atomic mass is 9.58. The zero-order chi connectivity index (χ0) is 16.6. The third-order valence-corrected chi connectivity index (χ3v) is 6.80. The van der Waals surface area contributed by atoms with Gasteiger partial charge < -0.3 is 9.64 Å². The van der Waals surface area contributed by atoms with E-state index in [0.29, 0.717) is 11.7 Å². The standard InChI is InChI=1S/C21H29NO2/c1-24-20-7-3-6-17(12-20)21-10-11-22(14-16-4-2-5-16)15-18(21)8-9-19(23)13-21/h3,6-7,12,16,18H,2,4-5,8-11,13-15H2,1H3. The lowest BCUT2D eigenvalue weighted by molar-refractivity contribution is -0.125. The molecular weight excluding hydrogens is 298 g/mol. The van der Waals surface area contributed by atoms with Crippen LogP contribution in [0.25, 0.3) is 0 Å². The summed E-state index contributed by atoms with van der Waals surface area (Å²) in [5.41, 5.74) is 1.36. The first kappa shape index (κ1) is 16.1. The monoisotopic (exact) mass is 327 g/mol. The van der Waals surface area contributed by atoms with Crippen LogP contribution in [0.3, 0.4) is 0 Å². The number of Topliss-reactive ketones (excluding diaryl/α,β-unsaturated/α-hetero) is 1. The van der Waals surface area contributed by atoms with Crippen molar-refractivity contribution in [1.82, 2.24) is 4.90 Å². The Balaban J connectivity index is 1.58. The normalized spacial score (nSPS) is 31.4. The molecule has 0 spiro atoms. The maximum absolute atomic E-state index is 12.3. The molecule has 2 unspecified atom stereocenters. The van der Waals surface area contributed by atoms with Gasteiger partial charge in [0, 0.05) is 31.3 Å². The van der Waals surface area contributed by atoms with Gasteiger partial charge in [0.05, 0.1) is 7.11 Å². The highest BCUT2D eigenvalue weighted by Crippen LogP contribution is 2.48. The molecule has 2 saturated carbocycles. The van der Waals surface area contributed by atoms with Crippen LogP contribution in [-0.2, 0) is 10.2 Å². The first-order chi connectivity index (χ1) is 11.7. The van der Waals surface area contributed by atoms with Crippen molar-refractivity contribution in [2.75, 3.05) is 26.7 Å². The van der Waals surface area contributed by atoms with Crippen molar-refractivity contribution in [3.05, 3.63) is 29.8 Å². The highest BCUT2D eigenvalue weighted by atomic mass is 16.5. The van der Waals surface area contributed by atoms with Gasteiger partial charge in [-0.1, -0.05) is 18.6 Å². The van der Waals surface area contributed by atoms with Gasteiger partial charge in [-0.05, 0) is 61.8 Å². The zero-order valence-electron chi connectivity index (χ0n) is 14.8. The molecule has 0 radical (unpaired) electrons. The van der Waals surface area contributed by atoms with Crippen LogP contribution < -0.4 is 4.74 Å². The molecule has 0 N–H and O–H groups in total. The fourth-order valence-corrected chi connectivity index (χ4v) is 5.14. The summed E-state index contributed by atoms with van der Waals surface area (Å²) < 4.78 is 5.45. The average Bonchev–Trinajstić information content (AvgIpc) is 2.58. The number of piperidine rings is 1. The van der Waals surface area contributed by atoms with Gasteiger partial charge in [-0.15, -0.1) is 0 Å². The Bertz CT molecular complexity index is 610. The highest BCUT2D eigenvalue weighted by Gasteiger charge is 2.48. The van der Waals surface area contributed by atoms with E-state index in [-0.39, 0.29) is 5.41 Å². The number of hydrogen-bond donors (Lipinski definition) is 0. The zero-order valence-corrected chi connectivity index (χ0v) is 14.8.